The van der Waals surface area contributed by atoms with Crippen LogP contribution in [-0.2, 0) is 12.8 Å². The topological polar surface area (TPSA) is 69.6 Å². The lowest BCUT2D eigenvalue weighted by atomic mass is 10.0. The van der Waals surface area contributed by atoms with Gasteiger partial charge in [0.1, 0.15) is 18.5 Å². The van der Waals surface area contributed by atoms with Crippen molar-refractivity contribution in [1.82, 2.24) is 19.5 Å². The molecule has 0 saturated carbocycles. The molecular formula is C15H15N5. The van der Waals surface area contributed by atoms with Crippen molar-refractivity contribution >= 4 is 16.6 Å². The van der Waals surface area contributed by atoms with Crippen LogP contribution in [0.5, 0.6) is 0 Å². The summed E-state index contributed by atoms with van der Waals surface area (Å²) in [4.78, 5) is 13.3. The van der Waals surface area contributed by atoms with E-state index in [1.165, 1.54) is 24.2 Å². The van der Waals surface area contributed by atoms with Crippen LogP contribution in [-0.4, -0.2) is 19.5 Å². The van der Waals surface area contributed by atoms with Gasteiger partial charge in [0.25, 0.3) is 0 Å². The number of rotatable bonds is 1. The molecule has 3 aromatic rings. The van der Waals surface area contributed by atoms with Gasteiger partial charge >= 0.3 is 0 Å². The summed E-state index contributed by atoms with van der Waals surface area (Å²) in [5, 5.41) is 1.01. The molecule has 0 amide bonds. The van der Waals surface area contributed by atoms with E-state index in [2.05, 4.69) is 19.5 Å². The fourth-order valence-electron chi connectivity index (χ4n) is 2.90. The molecule has 0 unspecified atom stereocenters. The number of fused-ring (bicyclic) bond motifs is 2. The van der Waals surface area contributed by atoms with Crippen molar-refractivity contribution in [2.24, 2.45) is 0 Å². The molecule has 4 rings (SSSR count). The molecule has 1 aliphatic rings. The molecule has 5 heteroatoms. The maximum absolute atomic E-state index is 5.82. The summed E-state index contributed by atoms with van der Waals surface area (Å²) >= 11 is 0. The van der Waals surface area contributed by atoms with Crippen LogP contribution < -0.4 is 5.73 Å². The Balaban J connectivity index is 1.96. The summed E-state index contributed by atoms with van der Waals surface area (Å²) in [6.45, 7) is 0. The molecule has 100 valence electrons. The van der Waals surface area contributed by atoms with Crippen molar-refractivity contribution in [3.05, 3.63) is 42.2 Å². The summed E-state index contributed by atoms with van der Waals surface area (Å²) in [6, 6.07) is 5.75. The van der Waals surface area contributed by atoms with Crippen molar-refractivity contribution in [2.75, 3.05) is 5.73 Å². The first kappa shape index (κ1) is 11.4. The van der Waals surface area contributed by atoms with Crippen LogP contribution in [0.2, 0.25) is 0 Å². The molecule has 1 aromatic carbocycles. The Kier molecular flexibility index (Phi) is 2.45. The van der Waals surface area contributed by atoms with E-state index in [9.17, 15) is 0 Å². The fraction of sp³-hybridized carbons (Fsp3) is 0.267. The largest absolute Gasteiger partial charge is 0.399 e. The van der Waals surface area contributed by atoms with Gasteiger partial charge in [-0.05, 0) is 43.9 Å². The minimum atomic E-state index is 0.717. The number of hydrogen-bond donors (Lipinski definition) is 1. The lowest BCUT2D eigenvalue weighted by molar-refractivity contribution is 0.654. The molecule has 0 radical (unpaired) electrons. The summed E-state index contributed by atoms with van der Waals surface area (Å²) in [5.41, 5.74) is 9.90. The van der Waals surface area contributed by atoms with Crippen LogP contribution in [0.4, 0.5) is 5.69 Å². The van der Waals surface area contributed by atoms with Crippen LogP contribution >= 0.6 is 0 Å². The predicted molar refractivity (Wildman–Crippen MR) is 77.7 cm³/mol. The number of nitrogens with two attached hydrogens (primary N) is 1. The summed E-state index contributed by atoms with van der Waals surface area (Å²) in [5.74, 6) is 0.894. The zero-order valence-electron chi connectivity index (χ0n) is 11.1. The van der Waals surface area contributed by atoms with Gasteiger partial charge in [0.05, 0.1) is 11.2 Å². The monoisotopic (exact) mass is 265 g/mol. The predicted octanol–water partition coefficient (Wildman–Crippen LogP) is 2.28. The van der Waals surface area contributed by atoms with Gasteiger partial charge in [0.15, 0.2) is 0 Å². The Hall–Kier alpha value is -2.43. The Morgan fingerprint density at radius 1 is 1.05 bits per heavy atom. The third-order valence-corrected chi connectivity index (χ3v) is 3.90. The number of hydrogen-bond acceptors (Lipinski definition) is 4. The molecule has 2 aromatic heterocycles. The second kappa shape index (κ2) is 4.30. The average Bonchev–Trinajstić information content (AvgIpc) is 2.90. The van der Waals surface area contributed by atoms with E-state index in [1.807, 2.05) is 24.5 Å². The fourth-order valence-corrected chi connectivity index (χ4v) is 2.90. The molecule has 20 heavy (non-hydrogen) atoms. The second-order valence-electron chi connectivity index (χ2n) is 5.19. The van der Waals surface area contributed by atoms with Crippen LogP contribution in [0.25, 0.3) is 16.7 Å². The number of benzene rings is 1. The van der Waals surface area contributed by atoms with Gasteiger partial charge in [-0.3, -0.25) is 4.57 Å². The van der Waals surface area contributed by atoms with E-state index in [4.69, 9.17) is 5.73 Å². The highest BCUT2D eigenvalue weighted by Gasteiger charge is 2.18. The number of nitrogens with zero attached hydrogens (tertiary/aromatic N) is 4. The number of aromatic nitrogens is 4. The van der Waals surface area contributed by atoms with E-state index in [0.717, 1.165) is 35.2 Å². The number of imidazole rings is 1. The van der Waals surface area contributed by atoms with Crippen LogP contribution in [0.1, 0.15) is 24.2 Å². The normalized spacial score (nSPS) is 14.4. The van der Waals surface area contributed by atoms with Gasteiger partial charge < -0.3 is 5.73 Å². The van der Waals surface area contributed by atoms with Gasteiger partial charge in [0.2, 0.25) is 0 Å². The molecule has 5 nitrogen and oxygen atoms in total. The molecule has 0 bridgehead atoms. The Morgan fingerprint density at radius 3 is 2.90 bits per heavy atom. The zero-order chi connectivity index (χ0) is 13.5. The maximum atomic E-state index is 5.82. The van der Waals surface area contributed by atoms with Crippen LogP contribution in [0, 0.1) is 0 Å². The Bertz CT molecular complexity index is 790. The van der Waals surface area contributed by atoms with Gasteiger partial charge in [-0.1, -0.05) is 0 Å². The third kappa shape index (κ3) is 1.66. The van der Waals surface area contributed by atoms with Crippen molar-refractivity contribution < 1.29 is 0 Å². The van der Waals surface area contributed by atoms with Crippen molar-refractivity contribution in [2.45, 2.75) is 25.7 Å². The minimum Gasteiger partial charge on any atom is -0.399 e. The van der Waals surface area contributed by atoms with Crippen LogP contribution in [0.3, 0.4) is 0 Å². The SMILES string of the molecule is Nc1ccc2c(-n3cnc4c3CCCC4)ncnc2c1. The molecule has 0 saturated heterocycles. The zero-order valence-corrected chi connectivity index (χ0v) is 11.1. The lowest BCUT2D eigenvalue weighted by Gasteiger charge is -2.14. The van der Waals surface area contributed by atoms with Gasteiger partial charge in [0, 0.05) is 16.8 Å². The quantitative estimate of drug-likeness (QED) is 0.685. The maximum Gasteiger partial charge on any atom is 0.149 e. The number of nitrogen functional groups attached to an aromatic ring is 1. The van der Waals surface area contributed by atoms with E-state index in [-0.39, 0.29) is 0 Å². The first-order chi connectivity index (χ1) is 9.83. The smallest absolute Gasteiger partial charge is 0.149 e. The Labute approximate surface area is 116 Å². The molecular weight excluding hydrogens is 250 g/mol. The first-order valence-corrected chi connectivity index (χ1v) is 6.88. The third-order valence-electron chi connectivity index (χ3n) is 3.90. The number of aryl methyl sites for hydroxylation is 1. The van der Waals surface area contributed by atoms with Crippen molar-refractivity contribution in [3.63, 3.8) is 0 Å². The van der Waals surface area contributed by atoms with Crippen LogP contribution in [0.15, 0.2) is 30.9 Å². The summed E-state index contributed by atoms with van der Waals surface area (Å²) < 4.78 is 2.11. The molecule has 2 N–H and O–H groups in total. The molecule has 0 aliphatic heterocycles. The highest BCUT2D eigenvalue weighted by atomic mass is 15.1. The molecule has 0 atom stereocenters. The van der Waals surface area contributed by atoms with E-state index in [1.54, 1.807) is 6.33 Å². The first-order valence-electron chi connectivity index (χ1n) is 6.88. The van der Waals surface area contributed by atoms with Gasteiger partial charge in [-0.2, -0.15) is 0 Å². The highest BCUT2D eigenvalue weighted by molar-refractivity contribution is 5.87. The molecule has 0 spiro atoms. The van der Waals surface area contributed by atoms with Gasteiger partial charge in [-0.25, -0.2) is 15.0 Å². The van der Waals surface area contributed by atoms with E-state index in [0.29, 0.717) is 0 Å². The standard InChI is InChI=1S/C15H15N5/c16-10-5-6-11-13(7-10)17-8-18-15(11)20-9-19-12-3-1-2-4-14(12)20/h5-9H,1-4,16H2. The van der Waals surface area contributed by atoms with Crippen molar-refractivity contribution in [3.8, 4) is 5.82 Å². The Morgan fingerprint density at radius 2 is 1.95 bits per heavy atom. The molecule has 0 fully saturated rings. The summed E-state index contributed by atoms with van der Waals surface area (Å²) in [7, 11) is 0. The summed E-state index contributed by atoms with van der Waals surface area (Å²) in [6.07, 6.45) is 8.05. The van der Waals surface area contributed by atoms with Gasteiger partial charge in [-0.15, -0.1) is 0 Å². The lowest BCUT2D eigenvalue weighted by Crippen LogP contribution is -2.08. The second-order valence-corrected chi connectivity index (χ2v) is 5.19. The van der Waals surface area contributed by atoms with E-state index < -0.39 is 0 Å². The average molecular weight is 265 g/mol. The van der Waals surface area contributed by atoms with Crippen molar-refractivity contribution in [1.29, 1.82) is 0 Å². The number of anilines is 1. The highest BCUT2D eigenvalue weighted by Crippen LogP contribution is 2.26. The molecule has 1 aliphatic carbocycles. The van der Waals surface area contributed by atoms with E-state index >= 15 is 0 Å². The minimum absolute atomic E-state index is 0.717. The molecule has 2 heterocycles.